The van der Waals surface area contributed by atoms with Gasteiger partial charge in [-0.2, -0.15) is 5.10 Å². The summed E-state index contributed by atoms with van der Waals surface area (Å²) in [5.41, 5.74) is 6.52. The molecule has 1 aliphatic heterocycles. The number of nitrogens with zero attached hydrogens (tertiary/aromatic N) is 3. The number of benzene rings is 3. The van der Waals surface area contributed by atoms with Gasteiger partial charge in [-0.25, -0.2) is 4.68 Å². The van der Waals surface area contributed by atoms with Gasteiger partial charge >= 0.3 is 0 Å². The van der Waals surface area contributed by atoms with Crippen LogP contribution in [0.5, 0.6) is 5.75 Å². The summed E-state index contributed by atoms with van der Waals surface area (Å²) in [7, 11) is 0. The second kappa shape index (κ2) is 10.1. The zero-order chi connectivity index (χ0) is 22.5. The molecule has 4 heteroatoms. The SMILES string of the molecule is Cc1ccc(-c2cc(-c3cccc(OCCN4CCCCC4)c3)n(-c3ccccc3)n2)cc1. The first-order valence-corrected chi connectivity index (χ1v) is 11.9. The Morgan fingerprint density at radius 2 is 1.58 bits per heavy atom. The third-order valence-electron chi connectivity index (χ3n) is 6.31. The number of likely N-dealkylation sites (tertiary alicyclic amines) is 1. The van der Waals surface area contributed by atoms with E-state index >= 15 is 0 Å². The number of rotatable bonds is 7. The van der Waals surface area contributed by atoms with Gasteiger partial charge in [0.2, 0.25) is 0 Å². The minimum Gasteiger partial charge on any atom is -0.492 e. The maximum Gasteiger partial charge on any atom is 0.120 e. The van der Waals surface area contributed by atoms with Gasteiger partial charge in [-0.3, -0.25) is 4.90 Å². The molecule has 1 saturated heterocycles. The number of aryl methyl sites for hydroxylation is 1. The zero-order valence-electron chi connectivity index (χ0n) is 19.3. The van der Waals surface area contributed by atoms with Crippen molar-refractivity contribution in [3.05, 3.63) is 90.5 Å². The molecule has 33 heavy (non-hydrogen) atoms. The summed E-state index contributed by atoms with van der Waals surface area (Å²) in [5, 5.41) is 4.98. The molecule has 0 atom stereocenters. The van der Waals surface area contributed by atoms with Crippen LogP contribution >= 0.6 is 0 Å². The van der Waals surface area contributed by atoms with Crippen LogP contribution in [0, 0.1) is 6.92 Å². The first-order valence-electron chi connectivity index (χ1n) is 11.9. The third kappa shape index (κ3) is 5.18. The lowest BCUT2D eigenvalue weighted by Gasteiger charge is -2.26. The fourth-order valence-electron chi connectivity index (χ4n) is 4.44. The fourth-order valence-corrected chi connectivity index (χ4v) is 4.44. The highest BCUT2D eigenvalue weighted by Crippen LogP contribution is 2.31. The Morgan fingerprint density at radius 3 is 2.36 bits per heavy atom. The Hall–Kier alpha value is -3.37. The molecule has 0 unspecified atom stereocenters. The number of hydrogen-bond acceptors (Lipinski definition) is 3. The van der Waals surface area contributed by atoms with Crippen LogP contribution in [0.3, 0.4) is 0 Å². The van der Waals surface area contributed by atoms with Crippen molar-refractivity contribution in [1.29, 1.82) is 0 Å². The van der Waals surface area contributed by atoms with E-state index in [-0.39, 0.29) is 0 Å². The lowest BCUT2D eigenvalue weighted by molar-refractivity contribution is 0.183. The van der Waals surface area contributed by atoms with E-state index < -0.39 is 0 Å². The summed E-state index contributed by atoms with van der Waals surface area (Å²) < 4.78 is 8.18. The molecule has 0 aliphatic carbocycles. The van der Waals surface area contributed by atoms with Crippen molar-refractivity contribution < 1.29 is 4.74 Å². The highest BCUT2D eigenvalue weighted by atomic mass is 16.5. The largest absolute Gasteiger partial charge is 0.492 e. The van der Waals surface area contributed by atoms with E-state index in [2.05, 4.69) is 72.5 Å². The van der Waals surface area contributed by atoms with Gasteiger partial charge < -0.3 is 4.74 Å². The summed E-state index contributed by atoms with van der Waals surface area (Å²) in [5.74, 6) is 0.905. The summed E-state index contributed by atoms with van der Waals surface area (Å²) in [6.07, 6.45) is 3.98. The highest BCUT2D eigenvalue weighted by molar-refractivity contribution is 5.71. The van der Waals surface area contributed by atoms with E-state index in [0.717, 1.165) is 47.1 Å². The molecule has 3 aromatic carbocycles. The van der Waals surface area contributed by atoms with E-state index in [0.29, 0.717) is 0 Å². The Balaban J connectivity index is 1.42. The van der Waals surface area contributed by atoms with E-state index in [1.807, 2.05) is 28.9 Å². The molecular formula is C29H31N3O. The van der Waals surface area contributed by atoms with Crippen LogP contribution in [0.1, 0.15) is 24.8 Å². The zero-order valence-corrected chi connectivity index (χ0v) is 19.3. The molecule has 1 fully saturated rings. The molecule has 0 spiro atoms. The van der Waals surface area contributed by atoms with Crippen molar-refractivity contribution in [2.75, 3.05) is 26.2 Å². The van der Waals surface area contributed by atoms with Crippen molar-refractivity contribution >= 4 is 0 Å². The quantitative estimate of drug-likeness (QED) is 0.336. The fraction of sp³-hybridized carbons (Fsp3) is 0.276. The molecule has 4 aromatic rings. The van der Waals surface area contributed by atoms with Crippen LogP contribution in [0.4, 0.5) is 0 Å². The van der Waals surface area contributed by atoms with E-state index in [9.17, 15) is 0 Å². The predicted octanol–water partition coefficient (Wildman–Crippen LogP) is 6.38. The average molecular weight is 438 g/mol. The minimum absolute atomic E-state index is 0.718. The molecule has 2 heterocycles. The molecule has 168 valence electrons. The van der Waals surface area contributed by atoms with Gasteiger partial charge in [0.1, 0.15) is 12.4 Å². The Morgan fingerprint density at radius 1 is 0.788 bits per heavy atom. The van der Waals surface area contributed by atoms with E-state index in [4.69, 9.17) is 9.84 Å². The van der Waals surface area contributed by atoms with Crippen molar-refractivity contribution in [1.82, 2.24) is 14.7 Å². The van der Waals surface area contributed by atoms with Crippen molar-refractivity contribution in [3.63, 3.8) is 0 Å². The highest BCUT2D eigenvalue weighted by Gasteiger charge is 2.14. The normalized spacial score (nSPS) is 14.3. The minimum atomic E-state index is 0.718. The lowest BCUT2D eigenvalue weighted by atomic mass is 10.1. The maximum atomic E-state index is 6.15. The monoisotopic (exact) mass is 437 g/mol. The molecule has 1 aromatic heterocycles. The number of piperidine rings is 1. The van der Waals surface area contributed by atoms with Crippen molar-refractivity contribution in [2.45, 2.75) is 26.2 Å². The number of ether oxygens (including phenoxy) is 1. The van der Waals surface area contributed by atoms with Gasteiger partial charge in [0.05, 0.1) is 17.1 Å². The van der Waals surface area contributed by atoms with Gasteiger partial charge in [-0.05, 0) is 63.2 Å². The lowest BCUT2D eigenvalue weighted by Crippen LogP contribution is -2.33. The first-order chi connectivity index (χ1) is 16.3. The second-order valence-corrected chi connectivity index (χ2v) is 8.81. The van der Waals surface area contributed by atoms with Crippen molar-refractivity contribution in [2.24, 2.45) is 0 Å². The Labute approximate surface area is 196 Å². The molecule has 0 saturated carbocycles. The van der Waals surface area contributed by atoms with Crippen LogP contribution < -0.4 is 4.74 Å². The molecule has 1 aliphatic rings. The first kappa shape index (κ1) is 21.5. The molecule has 0 N–H and O–H groups in total. The topological polar surface area (TPSA) is 30.3 Å². The molecule has 5 rings (SSSR count). The summed E-state index contributed by atoms with van der Waals surface area (Å²) in [6.45, 7) is 6.21. The smallest absolute Gasteiger partial charge is 0.120 e. The second-order valence-electron chi connectivity index (χ2n) is 8.81. The standard InChI is InChI=1S/C29H31N3O/c1-23-13-15-24(16-14-23)28-22-29(32(30-28)26-10-4-2-5-11-26)25-9-8-12-27(21-25)33-20-19-31-17-6-3-7-18-31/h2,4-5,8-16,21-22H,3,6-7,17-20H2,1H3. The average Bonchev–Trinajstić information content (AvgIpc) is 3.32. The van der Waals surface area contributed by atoms with Crippen LogP contribution in [-0.2, 0) is 0 Å². The van der Waals surface area contributed by atoms with Gasteiger partial charge in [0.25, 0.3) is 0 Å². The van der Waals surface area contributed by atoms with Gasteiger partial charge in [0, 0.05) is 17.7 Å². The van der Waals surface area contributed by atoms with Crippen molar-refractivity contribution in [3.8, 4) is 34.0 Å². The van der Waals surface area contributed by atoms with E-state index in [1.165, 1.54) is 37.9 Å². The van der Waals surface area contributed by atoms with Crippen LogP contribution in [0.25, 0.3) is 28.2 Å². The molecular weight excluding hydrogens is 406 g/mol. The van der Waals surface area contributed by atoms with Crippen LogP contribution in [0.15, 0.2) is 84.9 Å². The predicted molar refractivity (Wildman–Crippen MR) is 135 cm³/mol. The summed E-state index contributed by atoms with van der Waals surface area (Å²) in [6, 6.07) is 29.4. The molecule has 0 radical (unpaired) electrons. The third-order valence-corrected chi connectivity index (χ3v) is 6.31. The van der Waals surface area contributed by atoms with Crippen LogP contribution in [0.2, 0.25) is 0 Å². The summed E-state index contributed by atoms with van der Waals surface area (Å²) >= 11 is 0. The number of para-hydroxylation sites is 1. The Kier molecular flexibility index (Phi) is 6.54. The van der Waals surface area contributed by atoms with Gasteiger partial charge in [0.15, 0.2) is 0 Å². The Bertz CT molecular complexity index is 1180. The number of hydrogen-bond donors (Lipinski definition) is 0. The molecule has 4 nitrogen and oxygen atoms in total. The number of aromatic nitrogens is 2. The summed E-state index contributed by atoms with van der Waals surface area (Å²) in [4.78, 5) is 2.51. The van der Waals surface area contributed by atoms with E-state index in [1.54, 1.807) is 0 Å². The molecule has 0 amide bonds. The molecule has 0 bridgehead atoms. The van der Waals surface area contributed by atoms with Gasteiger partial charge in [-0.1, -0.05) is 66.6 Å². The van der Waals surface area contributed by atoms with Crippen LogP contribution in [-0.4, -0.2) is 40.9 Å². The maximum absolute atomic E-state index is 6.15. The van der Waals surface area contributed by atoms with Gasteiger partial charge in [-0.15, -0.1) is 0 Å².